The highest BCUT2D eigenvalue weighted by Crippen LogP contribution is 2.33. The largest absolute Gasteiger partial charge is 0.453 e. The second-order valence-corrected chi connectivity index (χ2v) is 5.94. The summed E-state index contributed by atoms with van der Waals surface area (Å²) in [6.07, 6.45) is 1.33. The molecule has 1 aromatic heterocycles. The quantitative estimate of drug-likeness (QED) is 0.507. The Hall–Kier alpha value is -3.92. The Morgan fingerprint density at radius 3 is 2.41 bits per heavy atom. The summed E-state index contributed by atoms with van der Waals surface area (Å²) in [7, 11) is 0. The number of aryl methyl sites for hydroxylation is 2. The van der Waals surface area contributed by atoms with Crippen molar-refractivity contribution in [2.24, 2.45) is 0 Å². The van der Waals surface area contributed by atoms with E-state index in [0.29, 0.717) is 22.7 Å². The molecule has 1 heterocycles. The molecule has 27 heavy (non-hydrogen) atoms. The topological polar surface area (TPSA) is 101 Å². The van der Waals surface area contributed by atoms with E-state index in [1.807, 2.05) is 38.1 Å². The predicted molar refractivity (Wildman–Crippen MR) is 101 cm³/mol. The molecule has 1 N–H and O–H groups in total. The first kappa shape index (κ1) is 17.9. The molecule has 0 aliphatic carbocycles. The lowest BCUT2D eigenvalue weighted by Gasteiger charge is -2.12. The van der Waals surface area contributed by atoms with Gasteiger partial charge in [0.05, 0.1) is 11.6 Å². The van der Waals surface area contributed by atoms with E-state index in [-0.39, 0.29) is 11.5 Å². The lowest BCUT2D eigenvalue weighted by Crippen LogP contribution is -2.01. The van der Waals surface area contributed by atoms with E-state index in [1.165, 1.54) is 12.3 Å². The van der Waals surface area contributed by atoms with Crippen molar-refractivity contribution >= 4 is 17.2 Å². The third-order valence-electron chi connectivity index (χ3n) is 3.94. The maximum atomic E-state index is 11.3. The number of hydrogen-bond acceptors (Lipinski definition) is 6. The van der Waals surface area contributed by atoms with E-state index in [2.05, 4.69) is 10.3 Å². The fraction of sp³-hybridized carbons (Fsp3) is 0.100. The van der Waals surface area contributed by atoms with Gasteiger partial charge in [-0.1, -0.05) is 18.2 Å². The monoisotopic (exact) mass is 360 g/mol. The Morgan fingerprint density at radius 2 is 1.81 bits per heavy atom. The van der Waals surface area contributed by atoms with Crippen molar-refractivity contribution in [3.8, 4) is 17.6 Å². The lowest BCUT2D eigenvalue weighted by atomic mass is 10.1. The number of nitro groups is 1. The van der Waals surface area contributed by atoms with E-state index in [4.69, 9.17) is 10.00 Å². The van der Waals surface area contributed by atoms with Crippen LogP contribution in [0.1, 0.15) is 16.7 Å². The average Bonchev–Trinajstić information content (AvgIpc) is 2.65. The van der Waals surface area contributed by atoms with Gasteiger partial charge in [0.1, 0.15) is 11.4 Å². The number of hydrogen-bond donors (Lipinski definition) is 1. The van der Waals surface area contributed by atoms with Crippen LogP contribution in [0.3, 0.4) is 0 Å². The van der Waals surface area contributed by atoms with Crippen LogP contribution < -0.4 is 10.1 Å². The van der Waals surface area contributed by atoms with Crippen LogP contribution in [-0.2, 0) is 0 Å². The van der Waals surface area contributed by atoms with E-state index >= 15 is 0 Å². The van der Waals surface area contributed by atoms with Crippen LogP contribution >= 0.6 is 0 Å². The van der Waals surface area contributed by atoms with Gasteiger partial charge >= 0.3 is 5.82 Å². The zero-order valence-electron chi connectivity index (χ0n) is 14.8. The van der Waals surface area contributed by atoms with Crippen LogP contribution in [0.25, 0.3) is 0 Å². The molecule has 7 heteroatoms. The molecule has 0 saturated heterocycles. The Labute approximate surface area is 156 Å². The Morgan fingerprint density at radius 1 is 1.15 bits per heavy atom. The van der Waals surface area contributed by atoms with Crippen molar-refractivity contribution in [1.82, 2.24) is 4.98 Å². The molecule has 3 aromatic rings. The second-order valence-electron chi connectivity index (χ2n) is 5.94. The summed E-state index contributed by atoms with van der Waals surface area (Å²) in [5.41, 5.74) is 3.21. The number of ether oxygens (including phenoxy) is 1. The van der Waals surface area contributed by atoms with Gasteiger partial charge in [0.15, 0.2) is 11.9 Å². The minimum atomic E-state index is -0.561. The molecule has 0 saturated carbocycles. The summed E-state index contributed by atoms with van der Waals surface area (Å²) in [5.74, 6) is 0.764. The smallest absolute Gasteiger partial charge is 0.387 e. The normalized spacial score (nSPS) is 10.1. The van der Waals surface area contributed by atoms with Crippen LogP contribution in [0.2, 0.25) is 0 Å². The Balaban J connectivity index is 1.95. The van der Waals surface area contributed by atoms with Gasteiger partial charge < -0.3 is 20.2 Å². The molecule has 134 valence electrons. The number of para-hydroxylation sites is 1. The van der Waals surface area contributed by atoms with Crippen molar-refractivity contribution < 1.29 is 9.66 Å². The zero-order valence-corrected chi connectivity index (χ0v) is 14.8. The molecule has 0 fully saturated rings. The molecular weight excluding hydrogens is 344 g/mol. The number of nitrogens with zero attached hydrogens (tertiary/aromatic N) is 3. The highest BCUT2D eigenvalue weighted by molar-refractivity contribution is 5.69. The summed E-state index contributed by atoms with van der Waals surface area (Å²) >= 11 is 0. The molecule has 0 radical (unpaired) electrons. The minimum absolute atomic E-state index is 0.202. The van der Waals surface area contributed by atoms with Gasteiger partial charge in [0.25, 0.3) is 0 Å². The summed E-state index contributed by atoms with van der Waals surface area (Å²) in [6, 6.07) is 15.9. The van der Waals surface area contributed by atoms with Gasteiger partial charge in [-0.15, -0.1) is 0 Å². The van der Waals surface area contributed by atoms with E-state index in [0.717, 1.165) is 11.1 Å². The molecular formula is C20H16N4O3. The maximum Gasteiger partial charge on any atom is 0.387 e. The molecule has 0 atom stereocenters. The van der Waals surface area contributed by atoms with Crippen molar-refractivity contribution in [1.29, 1.82) is 5.26 Å². The van der Waals surface area contributed by atoms with E-state index < -0.39 is 4.92 Å². The molecule has 0 spiro atoms. The fourth-order valence-corrected chi connectivity index (χ4v) is 2.59. The molecule has 7 nitrogen and oxygen atoms in total. The summed E-state index contributed by atoms with van der Waals surface area (Å²) in [4.78, 5) is 14.7. The molecule has 0 amide bonds. The van der Waals surface area contributed by atoms with Crippen LogP contribution in [0.4, 0.5) is 17.2 Å². The number of rotatable bonds is 5. The standard InChI is InChI=1S/C20H16N4O3/c1-13-4-3-5-14(2)19(13)27-17-10-18(20(22-12-17)24(25)26)23-16-8-6-15(11-21)7-9-16/h3-10,12,23H,1-2H3. The first-order valence-corrected chi connectivity index (χ1v) is 8.13. The van der Waals surface area contributed by atoms with Gasteiger partial charge in [-0.2, -0.15) is 5.26 Å². The van der Waals surface area contributed by atoms with E-state index in [9.17, 15) is 10.1 Å². The lowest BCUT2D eigenvalue weighted by molar-refractivity contribution is -0.388. The number of benzene rings is 2. The first-order chi connectivity index (χ1) is 13.0. The third kappa shape index (κ3) is 4.02. The van der Waals surface area contributed by atoms with Gasteiger partial charge in [-0.25, -0.2) is 0 Å². The van der Waals surface area contributed by atoms with Crippen LogP contribution in [-0.4, -0.2) is 9.91 Å². The summed E-state index contributed by atoms with van der Waals surface area (Å²) < 4.78 is 5.92. The van der Waals surface area contributed by atoms with Crippen LogP contribution in [0.15, 0.2) is 54.7 Å². The predicted octanol–water partition coefficient (Wildman–Crippen LogP) is 5.01. The van der Waals surface area contributed by atoms with Crippen molar-refractivity contribution in [3.05, 3.63) is 81.5 Å². The average molecular weight is 360 g/mol. The number of pyridine rings is 1. The number of anilines is 2. The van der Waals surface area contributed by atoms with Crippen LogP contribution in [0.5, 0.6) is 11.5 Å². The summed E-state index contributed by atoms with van der Waals surface area (Å²) in [6.45, 7) is 3.86. The van der Waals surface area contributed by atoms with Gasteiger partial charge in [-0.05, 0) is 59.1 Å². The third-order valence-corrected chi connectivity index (χ3v) is 3.94. The molecule has 0 unspecified atom stereocenters. The maximum absolute atomic E-state index is 11.3. The fourth-order valence-electron chi connectivity index (χ4n) is 2.59. The number of nitrogens with one attached hydrogen (secondary N) is 1. The van der Waals surface area contributed by atoms with Crippen LogP contribution in [0, 0.1) is 35.3 Å². The highest BCUT2D eigenvalue weighted by atomic mass is 16.6. The van der Waals surface area contributed by atoms with E-state index in [1.54, 1.807) is 24.3 Å². The van der Waals surface area contributed by atoms with Crippen molar-refractivity contribution in [2.45, 2.75) is 13.8 Å². The molecule has 0 bridgehead atoms. The first-order valence-electron chi connectivity index (χ1n) is 8.13. The second kappa shape index (κ2) is 7.54. The minimum Gasteiger partial charge on any atom is -0.453 e. The molecule has 0 aliphatic heterocycles. The molecule has 3 rings (SSSR count). The Bertz CT molecular complexity index is 1020. The van der Waals surface area contributed by atoms with Gasteiger partial charge in [-0.3, -0.25) is 0 Å². The number of aromatic nitrogens is 1. The summed E-state index contributed by atoms with van der Waals surface area (Å²) in [5, 5.41) is 23.1. The van der Waals surface area contributed by atoms with Crippen molar-refractivity contribution in [2.75, 3.05) is 5.32 Å². The zero-order chi connectivity index (χ0) is 19.4. The van der Waals surface area contributed by atoms with Gasteiger partial charge in [0.2, 0.25) is 0 Å². The molecule has 2 aromatic carbocycles. The highest BCUT2D eigenvalue weighted by Gasteiger charge is 2.18. The Kier molecular flexibility index (Phi) is 4.99. The number of nitriles is 1. The van der Waals surface area contributed by atoms with Gasteiger partial charge in [0, 0.05) is 11.8 Å². The SMILES string of the molecule is Cc1cccc(C)c1Oc1cnc([N+](=O)[O-])c(Nc2ccc(C#N)cc2)c1. The molecule has 0 aliphatic rings. The van der Waals surface area contributed by atoms with Crippen molar-refractivity contribution in [3.63, 3.8) is 0 Å².